The molecule has 0 spiro atoms. The van der Waals surface area contributed by atoms with Crippen LogP contribution in [-0.4, -0.2) is 47.7 Å². The average molecular weight is 370 g/mol. The van der Waals surface area contributed by atoms with E-state index in [1.54, 1.807) is 12.1 Å². The van der Waals surface area contributed by atoms with E-state index in [0.29, 0.717) is 0 Å². The van der Waals surface area contributed by atoms with Crippen molar-refractivity contribution in [2.24, 2.45) is 5.92 Å². The molecule has 1 aliphatic heterocycles. The van der Waals surface area contributed by atoms with Crippen molar-refractivity contribution < 1.29 is 9.18 Å². The number of hydrogen-bond acceptors (Lipinski definition) is 4. The van der Waals surface area contributed by atoms with E-state index >= 15 is 0 Å². The highest BCUT2D eigenvalue weighted by Crippen LogP contribution is 2.24. The van der Waals surface area contributed by atoms with Crippen LogP contribution in [0.3, 0.4) is 0 Å². The van der Waals surface area contributed by atoms with Crippen molar-refractivity contribution in [3.05, 3.63) is 42.2 Å². The lowest BCUT2D eigenvalue weighted by Gasteiger charge is -2.33. The summed E-state index contributed by atoms with van der Waals surface area (Å²) in [5, 5.41) is 8.61. The maximum absolute atomic E-state index is 13.0. The number of carbonyl (C=O) groups excluding carboxylic acids is 1. The van der Waals surface area contributed by atoms with Crippen LogP contribution in [0.4, 0.5) is 10.2 Å². The van der Waals surface area contributed by atoms with Crippen molar-refractivity contribution in [2.75, 3.05) is 31.6 Å². The molecule has 0 unspecified atom stereocenters. The molecule has 6 heteroatoms. The van der Waals surface area contributed by atoms with Gasteiger partial charge in [0.05, 0.1) is 5.69 Å². The van der Waals surface area contributed by atoms with Gasteiger partial charge < -0.3 is 9.80 Å². The minimum atomic E-state index is -0.263. The number of benzene rings is 1. The number of nitrogens with zero attached hydrogens (tertiary/aromatic N) is 4. The standard InChI is InChI=1S/C21H27FN4O/c1-3-4-13-25(2)21(27)17-11-14-26(15-12-17)20-10-9-19(23-24-20)16-5-7-18(22)8-6-16/h5-10,17H,3-4,11-15H2,1-2H3. The summed E-state index contributed by atoms with van der Waals surface area (Å²) in [6, 6.07) is 10.1. The summed E-state index contributed by atoms with van der Waals surface area (Å²) < 4.78 is 13.0. The molecule has 1 amide bonds. The van der Waals surface area contributed by atoms with E-state index in [4.69, 9.17) is 0 Å². The molecule has 144 valence electrons. The largest absolute Gasteiger partial charge is 0.355 e. The van der Waals surface area contributed by atoms with Gasteiger partial charge in [0.2, 0.25) is 5.91 Å². The molecule has 0 saturated carbocycles. The summed E-state index contributed by atoms with van der Waals surface area (Å²) in [5.41, 5.74) is 1.57. The van der Waals surface area contributed by atoms with Gasteiger partial charge in [0, 0.05) is 38.2 Å². The molecule has 5 nitrogen and oxygen atoms in total. The molecule has 0 atom stereocenters. The minimum absolute atomic E-state index is 0.106. The van der Waals surface area contributed by atoms with Crippen LogP contribution in [0.25, 0.3) is 11.3 Å². The second kappa shape index (κ2) is 8.93. The topological polar surface area (TPSA) is 49.3 Å². The van der Waals surface area contributed by atoms with E-state index in [-0.39, 0.29) is 17.6 Å². The lowest BCUT2D eigenvalue weighted by molar-refractivity contribution is -0.134. The second-order valence-corrected chi connectivity index (χ2v) is 7.16. The van der Waals surface area contributed by atoms with Crippen molar-refractivity contribution in [2.45, 2.75) is 32.6 Å². The predicted octanol–water partition coefficient (Wildman–Crippen LogP) is 3.76. The van der Waals surface area contributed by atoms with E-state index in [2.05, 4.69) is 22.0 Å². The molecule has 0 bridgehead atoms. The van der Waals surface area contributed by atoms with Crippen LogP contribution in [0.15, 0.2) is 36.4 Å². The van der Waals surface area contributed by atoms with Gasteiger partial charge in [-0.15, -0.1) is 10.2 Å². The SMILES string of the molecule is CCCCN(C)C(=O)C1CCN(c2ccc(-c3ccc(F)cc3)nn2)CC1. The Morgan fingerprint density at radius 2 is 1.85 bits per heavy atom. The first-order valence-corrected chi connectivity index (χ1v) is 9.68. The summed E-state index contributed by atoms with van der Waals surface area (Å²) >= 11 is 0. The maximum Gasteiger partial charge on any atom is 0.225 e. The number of rotatable bonds is 6. The highest BCUT2D eigenvalue weighted by Gasteiger charge is 2.27. The summed E-state index contributed by atoms with van der Waals surface area (Å²) in [6.45, 7) is 4.59. The third kappa shape index (κ3) is 4.81. The number of anilines is 1. The third-order valence-electron chi connectivity index (χ3n) is 5.18. The smallest absolute Gasteiger partial charge is 0.225 e. The van der Waals surface area contributed by atoms with Gasteiger partial charge in [0.15, 0.2) is 5.82 Å². The Morgan fingerprint density at radius 3 is 2.44 bits per heavy atom. The highest BCUT2D eigenvalue weighted by molar-refractivity contribution is 5.78. The summed E-state index contributed by atoms with van der Waals surface area (Å²) in [5.74, 6) is 0.933. The van der Waals surface area contributed by atoms with E-state index in [1.165, 1.54) is 12.1 Å². The molecule has 1 aromatic carbocycles. The van der Waals surface area contributed by atoms with Gasteiger partial charge in [-0.1, -0.05) is 13.3 Å². The number of aromatic nitrogens is 2. The van der Waals surface area contributed by atoms with Gasteiger partial charge in [-0.2, -0.15) is 0 Å². The van der Waals surface area contributed by atoms with E-state index in [1.807, 2.05) is 24.1 Å². The molecule has 3 rings (SSSR count). The number of unbranched alkanes of at least 4 members (excludes halogenated alkanes) is 1. The molecule has 1 aromatic heterocycles. The van der Waals surface area contributed by atoms with Crippen molar-refractivity contribution in [1.29, 1.82) is 0 Å². The van der Waals surface area contributed by atoms with Crippen molar-refractivity contribution in [3.63, 3.8) is 0 Å². The normalized spacial score (nSPS) is 15.0. The monoisotopic (exact) mass is 370 g/mol. The van der Waals surface area contributed by atoms with Crippen LogP contribution >= 0.6 is 0 Å². The van der Waals surface area contributed by atoms with Gasteiger partial charge in [0.1, 0.15) is 5.82 Å². The molecule has 0 radical (unpaired) electrons. The first-order valence-electron chi connectivity index (χ1n) is 9.68. The van der Waals surface area contributed by atoms with E-state index in [9.17, 15) is 9.18 Å². The summed E-state index contributed by atoms with van der Waals surface area (Å²) in [6.07, 6.45) is 3.84. The first-order chi connectivity index (χ1) is 13.1. The zero-order valence-electron chi connectivity index (χ0n) is 16.1. The van der Waals surface area contributed by atoms with Gasteiger partial charge in [-0.3, -0.25) is 4.79 Å². The van der Waals surface area contributed by atoms with Crippen LogP contribution < -0.4 is 4.90 Å². The van der Waals surface area contributed by atoms with E-state index < -0.39 is 0 Å². The zero-order chi connectivity index (χ0) is 19.2. The molecule has 0 aliphatic carbocycles. The van der Waals surface area contributed by atoms with Crippen molar-refractivity contribution in [3.8, 4) is 11.3 Å². The Balaban J connectivity index is 1.56. The number of carbonyl (C=O) groups is 1. The van der Waals surface area contributed by atoms with Gasteiger partial charge in [-0.25, -0.2) is 4.39 Å². The van der Waals surface area contributed by atoms with Crippen LogP contribution in [0.2, 0.25) is 0 Å². The van der Waals surface area contributed by atoms with Crippen LogP contribution in [-0.2, 0) is 4.79 Å². The number of amides is 1. The van der Waals surface area contributed by atoms with Crippen LogP contribution in [0.1, 0.15) is 32.6 Å². The van der Waals surface area contributed by atoms with Gasteiger partial charge >= 0.3 is 0 Å². The number of piperidine rings is 1. The predicted molar refractivity (Wildman–Crippen MR) is 105 cm³/mol. The van der Waals surface area contributed by atoms with Gasteiger partial charge in [-0.05, 0) is 55.7 Å². The molecule has 27 heavy (non-hydrogen) atoms. The Labute approximate surface area is 160 Å². The molecule has 1 saturated heterocycles. The zero-order valence-corrected chi connectivity index (χ0v) is 16.1. The lowest BCUT2D eigenvalue weighted by Crippen LogP contribution is -2.41. The Hall–Kier alpha value is -2.50. The summed E-state index contributed by atoms with van der Waals surface area (Å²) in [4.78, 5) is 16.6. The fourth-order valence-electron chi connectivity index (χ4n) is 3.44. The fraction of sp³-hybridized carbons (Fsp3) is 0.476. The molecule has 0 N–H and O–H groups in total. The molecule has 1 fully saturated rings. The van der Waals surface area contributed by atoms with Crippen LogP contribution in [0, 0.1) is 11.7 Å². The Kier molecular flexibility index (Phi) is 6.37. The molecule has 2 heterocycles. The average Bonchev–Trinajstić information content (AvgIpc) is 2.72. The Morgan fingerprint density at radius 1 is 1.15 bits per heavy atom. The molecular formula is C21H27FN4O. The maximum atomic E-state index is 13.0. The number of hydrogen-bond donors (Lipinski definition) is 0. The third-order valence-corrected chi connectivity index (χ3v) is 5.18. The number of halogens is 1. The first kappa shape index (κ1) is 19.3. The molecule has 2 aromatic rings. The quantitative estimate of drug-likeness (QED) is 0.777. The second-order valence-electron chi connectivity index (χ2n) is 7.16. The highest BCUT2D eigenvalue weighted by atomic mass is 19.1. The van der Waals surface area contributed by atoms with Crippen LogP contribution in [0.5, 0.6) is 0 Å². The minimum Gasteiger partial charge on any atom is -0.355 e. The molecular weight excluding hydrogens is 343 g/mol. The lowest BCUT2D eigenvalue weighted by atomic mass is 9.95. The van der Waals surface area contributed by atoms with E-state index in [0.717, 1.165) is 62.4 Å². The van der Waals surface area contributed by atoms with Gasteiger partial charge in [0.25, 0.3) is 0 Å². The Bertz CT molecular complexity index is 740. The molecule has 1 aliphatic rings. The van der Waals surface area contributed by atoms with Crippen molar-refractivity contribution in [1.82, 2.24) is 15.1 Å². The summed E-state index contributed by atoms with van der Waals surface area (Å²) in [7, 11) is 1.91. The fourth-order valence-corrected chi connectivity index (χ4v) is 3.44. The van der Waals surface area contributed by atoms with Crippen molar-refractivity contribution >= 4 is 11.7 Å².